The Bertz CT molecular complexity index is 203. The Kier molecular flexibility index (Phi) is 5.00. The molecule has 0 atom stereocenters. The first kappa shape index (κ1) is 10.2. The second kappa shape index (κ2) is 5.91. The van der Waals surface area contributed by atoms with Crippen LogP contribution >= 0.6 is 0 Å². The molecule has 0 rings (SSSR count). The number of hydrogen-bond donors (Lipinski definition) is 0. The minimum Gasteiger partial charge on any atom is -0.429 e. The topological polar surface area (TPSA) is 52.6 Å². The van der Waals surface area contributed by atoms with Crippen molar-refractivity contribution in [1.29, 1.82) is 0 Å². The van der Waals surface area contributed by atoms with Crippen LogP contribution in [0.25, 0.3) is 0 Å². The molecule has 0 N–H and O–H groups in total. The minimum absolute atomic E-state index is 0.139. The minimum atomic E-state index is 0.139. The van der Waals surface area contributed by atoms with Gasteiger partial charge in [-0.25, -0.2) is 0 Å². The lowest BCUT2D eigenvalue weighted by Crippen LogP contribution is -1.85. The van der Waals surface area contributed by atoms with Crippen molar-refractivity contribution in [3.63, 3.8) is 0 Å². The normalized spacial score (nSPS) is 9.00. The van der Waals surface area contributed by atoms with Crippen LogP contribution in [-0.2, 0) is 19.1 Å². The van der Waals surface area contributed by atoms with Gasteiger partial charge >= 0.3 is 0 Å². The molecule has 0 aliphatic carbocycles. The van der Waals surface area contributed by atoms with Gasteiger partial charge in [-0.15, -0.1) is 0 Å². The summed E-state index contributed by atoms with van der Waals surface area (Å²) < 4.78 is 8.65. The van der Waals surface area contributed by atoms with Crippen molar-refractivity contribution < 1.29 is 19.1 Å². The molecule has 12 heavy (non-hydrogen) atoms. The third kappa shape index (κ3) is 4.99. The molecule has 4 nitrogen and oxygen atoms in total. The molecule has 0 fully saturated rings. The molecule has 0 aromatic rings. The van der Waals surface area contributed by atoms with Crippen molar-refractivity contribution in [1.82, 2.24) is 0 Å². The molecule has 0 saturated carbocycles. The number of ether oxygens (including phenoxy) is 2. The predicted molar refractivity (Wildman–Crippen MR) is 41.7 cm³/mol. The molecule has 0 saturated heterocycles. The Balaban J connectivity index is 3.88. The molecule has 64 valence electrons. The average molecular weight is 168 g/mol. The van der Waals surface area contributed by atoms with Gasteiger partial charge in [-0.05, 0) is 12.2 Å². The monoisotopic (exact) mass is 168 g/mol. The molecule has 0 amide bonds. The van der Waals surface area contributed by atoms with E-state index in [9.17, 15) is 9.59 Å². The third-order valence-electron chi connectivity index (χ3n) is 0.854. The van der Waals surface area contributed by atoms with E-state index in [0.717, 1.165) is 0 Å². The Morgan fingerprint density at radius 1 is 0.917 bits per heavy atom. The van der Waals surface area contributed by atoms with Gasteiger partial charge in [0.2, 0.25) is 0 Å². The molecule has 0 bridgehead atoms. The summed E-state index contributed by atoms with van der Waals surface area (Å²) in [7, 11) is 0. The van der Waals surface area contributed by atoms with Gasteiger partial charge in [-0.2, -0.15) is 0 Å². The Labute approximate surface area is 69.8 Å². The predicted octanol–water partition coefficient (Wildman–Crippen LogP) is 0.916. The van der Waals surface area contributed by atoms with E-state index < -0.39 is 0 Å². The average Bonchev–Trinajstić information content (AvgIpc) is 2.02. The van der Waals surface area contributed by atoms with Crippen molar-refractivity contribution in [2.45, 2.75) is 0 Å². The highest BCUT2D eigenvalue weighted by Crippen LogP contribution is 1.98. The van der Waals surface area contributed by atoms with Gasteiger partial charge in [0.15, 0.2) is 0 Å². The smallest absolute Gasteiger partial charge is 0.298 e. The van der Waals surface area contributed by atoms with Crippen LogP contribution in [-0.4, -0.2) is 12.9 Å². The van der Waals surface area contributed by atoms with Crippen molar-refractivity contribution in [3.8, 4) is 0 Å². The van der Waals surface area contributed by atoms with Crippen LogP contribution in [0.2, 0.25) is 0 Å². The molecule has 0 aromatic heterocycles. The van der Waals surface area contributed by atoms with E-state index >= 15 is 0 Å². The molecule has 0 aromatic carbocycles. The van der Waals surface area contributed by atoms with Gasteiger partial charge < -0.3 is 9.47 Å². The number of allylic oxidation sites excluding steroid dienone is 2. The molecular weight excluding hydrogens is 160 g/mol. The van der Waals surface area contributed by atoms with Gasteiger partial charge in [0.1, 0.15) is 11.5 Å². The molecule has 0 aliphatic rings. The van der Waals surface area contributed by atoms with Crippen LogP contribution in [0.3, 0.4) is 0 Å². The standard InChI is InChI=1S/C8H8O4/c1-7(11-5-9)3-4-8(2)12-6-10/h3-6H,1-2H2. The van der Waals surface area contributed by atoms with E-state index in [1.54, 1.807) is 0 Å². The summed E-state index contributed by atoms with van der Waals surface area (Å²) in [5.74, 6) is 0.279. The second-order valence-electron chi connectivity index (χ2n) is 1.69. The number of rotatable bonds is 6. The highest BCUT2D eigenvalue weighted by molar-refractivity contribution is 5.43. The quantitative estimate of drug-likeness (QED) is 0.336. The zero-order valence-corrected chi connectivity index (χ0v) is 6.36. The Morgan fingerprint density at radius 2 is 1.25 bits per heavy atom. The second-order valence-corrected chi connectivity index (χ2v) is 1.69. The Morgan fingerprint density at radius 3 is 1.50 bits per heavy atom. The summed E-state index contributed by atoms with van der Waals surface area (Å²) in [4.78, 5) is 19.5. The highest BCUT2D eigenvalue weighted by Gasteiger charge is 1.88. The molecule has 0 unspecified atom stereocenters. The third-order valence-corrected chi connectivity index (χ3v) is 0.854. The summed E-state index contributed by atoms with van der Waals surface area (Å²) >= 11 is 0. The first-order chi connectivity index (χ1) is 5.70. The van der Waals surface area contributed by atoms with Gasteiger partial charge in [0.05, 0.1) is 0 Å². The number of hydrogen-bond acceptors (Lipinski definition) is 4. The molecular formula is C8H8O4. The van der Waals surface area contributed by atoms with Crippen molar-refractivity contribution >= 4 is 12.9 Å². The molecule has 0 radical (unpaired) electrons. The lowest BCUT2D eigenvalue weighted by Gasteiger charge is -1.95. The van der Waals surface area contributed by atoms with E-state index in [2.05, 4.69) is 22.6 Å². The van der Waals surface area contributed by atoms with Crippen LogP contribution < -0.4 is 0 Å². The largest absolute Gasteiger partial charge is 0.429 e. The SMILES string of the molecule is C=C(C=CC(=C)OC=O)OC=O. The lowest BCUT2D eigenvalue weighted by atomic mass is 10.4. The van der Waals surface area contributed by atoms with Crippen LogP contribution in [0.4, 0.5) is 0 Å². The lowest BCUT2D eigenvalue weighted by molar-refractivity contribution is -0.125. The first-order valence-corrected chi connectivity index (χ1v) is 2.97. The van der Waals surface area contributed by atoms with Crippen LogP contribution in [0, 0.1) is 0 Å². The summed E-state index contributed by atoms with van der Waals surface area (Å²) in [5, 5.41) is 0. The van der Waals surface area contributed by atoms with E-state index in [4.69, 9.17) is 0 Å². The summed E-state index contributed by atoms with van der Waals surface area (Å²) in [6.45, 7) is 7.19. The van der Waals surface area contributed by atoms with Gasteiger partial charge in [-0.3, -0.25) is 9.59 Å². The Hall–Kier alpha value is -1.84. The zero-order chi connectivity index (χ0) is 9.40. The van der Waals surface area contributed by atoms with Crippen molar-refractivity contribution in [3.05, 3.63) is 36.8 Å². The van der Waals surface area contributed by atoms with E-state index in [-0.39, 0.29) is 24.5 Å². The van der Waals surface area contributed by atoms with Gasteiger partial charge in [0.25, 0.3) is 12.9 Å². The maximum absolute atomic E-state index is 9.76. The fourth-order valence-electron chi connectivity index (χ4n) is 0.388. The number of carbonyl (C=O) groups excluding carboxylic acids is 2. The van der Waals surface area contributed by atoms with E-state index in [1.807, 2.05) is 0 Å². The van der Waals surface area contributed by atoms with Crippen molar-refractivity contribution in [2.75, 3.05) is 0 Å². The maximum Gasteiger partial charge on any atom is 0.298 e. The molecule has 4 heteroatoms. The maximum atomic E-state index is 9.76. The summed E-state index contributed by atoms with van der Waals surface area (Å²) in [5.41, 5.74) is 0. The van der Waals surface area contributed by atoms with Gasteiger partial charge in [-0.1, -0.05) is 13.2 Å². The molecule has 0 heterocycles. The van der Waals surface area contributed by atoms with Crippen LogP contribution in [0.1, 0.15) is 0 Å². The summed E-state index contributed by atoms with van der Waals surface area (Å²) in [6, 6.07) is 0. The van der Waals surface area contributed by atoms with Gasteiger partial charge in [0, 0.05) is 0 Å². The van der Waals surface area contributed by atoms with Crippen LogP contribution in [0.15, 0.2) is 36.8 Å². The zero-order valence-electron chi connectivity index (χ0n) is 6.36. The summed E-state index contributed by atoms with van der Waals surface area (Å²) in [6.07, 6.45) is 2.69. The fourth-order valence-corrected chi connectivity index (χ4v) is 0.388. The molecule has 0 spiro atoms. The van der Waals surface area contributed by atoms with Crippen LogP contribution in [0.5, 0.6) is 0 Å². The fraction of sp³-hybridized carbons (Fsp3) is 0. The van der Waals surface area contributed by atoms with Crippen molar-refractivity contribution in [2.24, 2.45) is 0 Å². The number of carbonyl (C=O) groups is 2. The molecule has 0 aliphatic heterocycles. The highest BCUT2D eigenvalue weighted by atomic mass is 16.5. The first-order valence-electron chi connectivity index (χ1n) is 2.97. The van der Waals surface area contributed by atoms with E-state index in [1.165, 1.54) is 12.2 Å². The van der Waals surface area contributed by atoms with E-state index in [0.29, 0.717) is 0 Å².